The van der Waals surface area contributed by atoms with Crippen molar-refractivity contribution >= 4 is 11.9 Å². The van der Waals surface area contributed by atoms with E-state index in [1.165, 1.54) is 6.20 Å². The van der Waals surface area contributed by atoms with Crippen molar-refractivity contribution in [2.75, 3.05) is 13.1 Å². The molecule has 6 nitrogen and oxygen atoms in total. The molecule has 1 saturated carbocycles. The van der Waals surface area contributed by atoms with Crippen molar-refractivity contribution in [2.45, 2.75) is 39.0 Å². The highest BCUT2D eigenvalue weighted by Crippen LogP contribution is 2.42. The van der Waals surface area contributed by atoms with E-state index in [9.17, 15) is 14.7 Å². The van der Waals surface area contributed by atoms with E-state index in [2.05, 4.69) is 18.9 Å². The number of carbonyl (C=O) groups excluding carboxylic acids is 1. The number of hydrogen-bond acceptors (Lipinski definition) is 3. The highest BCUT2D eigenvalue weighted by molar-refractivity contribution is 5.96. The van der Waals surface area contributed by atoms with Gasteiger partial charge in [-0.25, -0.2) is 13.9 Å². The van der Waals surface area contributed by atoms with Gasteiger partial charge in [0.1, 0.15) is 11.4 Å². The van der Waals surface area contributed by atoms with Crippen LogP contribution in [0.25, 0.3) is 16.8 Å². The number of piperidine rings is 1. The number of rotatable bonds is 5. The first kappa shape index (κ1) is 22.3. The van der Waals surface area contributed by atoms with Gasteiger partial charge >= 0.3 is 5.97 Å². The van der Waals surface area contributed by atoms with Crippen molar-refractivity contribution < 1.29 is 19.1 Å². The number of aromatic carboxylic acids is 1. The number of carboxylic acid groups (broad SMARTS) is 1. The van der Waals surface area contributed by atoms with E-state index in [0.717, 1.165) is 19.3 Å². The third kappa shape index (κ3) is 4.11. The SMILES string of the molecule is CC1CC(C)CN(C(=O)c2cccc(-c3cccc(-n4ncc(C(=O)O)c4C4CC4)c3)c2F)C1. The van der Waals surface area contributed by atoms with Gasteiger partial charge in [-0.05, 0) is 54.9 Å². The summed E-state index contributed by atoms with van der Waals surface area (Å²) in [6.07, 6.45) is 4.30. The molecule has 5 rings (SSSR count). The zero-order chi connectivity index (χ0) is 24.0. The van der Waals surface area contributed by atoms with Crippen LogP contribution in [-0.4, -0.2) is 44.8 Å². The molecule has 3 aromatic rings. The molecular formula is C27H28FN3O3. The van der Waals surface area contributed by atoms with Gasteiger partial charge in [-0.3, -0.25) is 4.79 Å². The van der Waals surface area contributed by atoms with Crippen molar-refractivity contribution in [1.82, 2.24) is 14.7 Å². The molecule has 2 aliphatic rings. The van der Waals surface area contributed by atoms with Gasteiger partial charge in [0, 0.05) is 24.6 Å². The molecular weight excluding hydrogens is 433 g/mol. The van der Waals surface area contributed by atoms with Crippen LogP contribution in [0.4, 0.5) is 4.39 Å². The zero-order valence-electron chi connectivity index (χ0n) is 19.4. The Bertz CT molecular complexity index is 1250. The molecule has 2 unspecified atom stereocenters. The van der Waals surface area contributed by atoms with E-state index in [1.54, 1.807) is 46.0 Å². The van der Waals surface area contributed by atoms with Gasteiger partial charge in [-0.1, -0.05) is 38.1 Å². The maximum atomic E-state index is 15.7. The van der Waals surface area contributed by atoms with Crippen LogP contribution in [0.15, 0.2) is 48.7 Å². The summed E-state index contributed by atoms with van der Waals surface area (Å²) in [7, 11) is 0. The topological polar surface area (TPSA) is 75.4 Å². The van der Waals surface area contributed by atoms with Crippen molar-refractivity contribution in [3.8, 4) is 16.8 Å². The van der Waals surface area contributed by atoms with Crippen LogP contribution in [0.2, 0.25) is 0 Å². The number of aromatic nitrogens is 2. The number of carbonyl (C=O) groups is 2. The number of nitrogens with zero attached hydrogens (tertiary/aromatic N) is 3. The maximum Gasteiger partial charge on any atom is 0.339 e. The van der Waals surface area contributed by atoms with Crippen LogP contribution in [-0.2, 0) is 0 Å². The second kappa shape index (κ2) is 8.70. The summed E-state index contributed by atoms with van der Waals surface area (Å²) in [6, 6.07) is 12.1. The quantitative estimate of drug-likeness (QED) is 0.554. The lowest BCUT2D eigenvalue weighted by atomic mass is 9.91. The van der Waals surface area contributed by atoms with Crippen LogP contribution in [0, 0.1) is 17.7 Å². The molecule has 0 radical (unpaired) electrons. The number of halogens is 1. The average Bonchev–Trinajstić information content (AvgIpc) is 3.55. The van der Waals surface area contributed by atoms with Crippen LogP contribution >= 0.6 is 0 Å². The van der Waals surface area contributed by atoms with Gasteiger partial charge in [-0.15, -0.1) is 0 Å². The molecule has 0 bridgehead atoms. The molecule has 1 N–H and O–H groups in total. The number of likely N-dealkylation sites (tertiary alicyclic amines) is 1. The molecule has 1 aromatic heterocycles. The standard InChI is InChI=1S/C27H28FN3O3/c1-16-11-17(2)15-30(14-16)26(32)22-8-4-7-21(24(22)28)19-5-3-6-20(12-19)31-25(18-9-10-18)23(13-29-31)27(33)34/h3-8,12-13,16-18H,9-11,14-15H2,1-2H3,(H,33,34). The van der Waals surface area contributed by atoms with E-state index in [-0.39, 0.29) is 23.0 Å². The average molecular weight is 462 g/mol. The van der Waals surface area contributed by atoms with Crippen LogP contribution in [0.5, 0.6) is 0 Å². The minimum Gasteiger partial charge on any atom is -0.478 e. The molecule has 1 amide bonds. The summed E-state index contributed by atoms with van der Waals surface area (Å²) in [6.45, 7) is 5.51. The minimum atomic E-state index is -0.997. The second-order valence-corrected chi connectivity index (χ2v) is 9.81. The molecule has 2 atom stereocenters. The molecule has 2 heterocycles. The summed E-state index contributed by atoms with van der Waals surface area (Å²) >= 11 is 0. The number of carboxylic acids is 1. The lowest BCUT2D eigenvalue weighted by Gasteiger charge is -2.35. The van der Waals surface area contributed by atoms with Gasteiger partial charge in [0.2, 0.25) is 0 Å². The Morgan fingerprint density at radius 3 is 2.41 bits per heavy atom. The fourth-order valence-corrected chi connectivity index (χ4v) is 5.20. The van der Waals surface area contributed by atoms with E-state index >= 15 is 4.39 Å². The molecule has 1 saturated heterocycles. The lowest BCUT2D eigenvalue weighted by Crippen LogP contribution is -2.42. The highest BCUT2D eigenvalue weighted by Gasteiger charge is 2.33. The van der Waals surface area contributed by atoms with Gasteiger partial charge in [-0.2, -0.15) is 5.10 Å². The van der Waals surface area contributed by atoms with Crippen molar-refractivity contribution in [3.63, 3.8) is 0 Å². The van der Waals surface area contributed by atoms with Crippen molar-refractivity contribution in [2.24, 2.45) is 11.8 Å². The Labute approximate surface area is 198 Å². The fraction of sp³-hybridized carbons (Fsp3) is 0.370. The molecule has 176 valence electrons. The van der Waals surface area contributed by atoms with Crippen molar-refractivity contribution in [1.29, 1.82) is 0 Å². The van der Waals surface area contributed by atoms with Gasteiger partial charge < -0.3 is 10.0 Å². The Morgan fingerprint density at radius 1 is 1.03 bits per heavy atom. The fourth-order valence-electron chi connectivity index (χ4n) is 5.20. The van der Waals surface area contributed by atoms with Gasteiger partial charge in [0.05, 0.1) is 23.1 Å². The largest absolute Gasteiger partial charge is 0.478 e. The first-order valence-corrected chi connectivity index (χ1v) is 11.8. The minimum absolute atomic E-state index is 0.0788. The van der Waals surface area contributed by atoms with E-state index in [0.29, 0.717) is 47.4 Å². The summed E-state index contributed by atoms with van der Waals surface area (Å²) in [4.78, 5) is 26.6. The monoisotopic (exact) mass is 461 g/mol. The number of hydrogen-bond donors (Lipinski definition) is 1. The van der Waals surface area contributed by atoms with Crippen molar-refractivity contribution in [3.05, 3.63) is 71.3 Å². The molecule has 1 aliphatic carbocycles. The highest BCUT2D eigenvalue weighted by atomic mass is 19.1. The molecule has 0 spiro atoms. The Kier molecular flexibility index (Phi) is 5.71. The van der Waals surface area contributed by atoms with E-state index in [4.69, 9.17) is 0 Å². The zero-order valence-corrected chi connectivity index (χ0v) is 19.4. The molecule has 7 heteroatoms. The summed E-state index contributed by atoms with van der Waals surface area (Å²) in [5.74, 6) is -0.859. The third-order valence-corrected chi connectivity index (χ3v) is 6.79. The molecule has 2 aromatic carbocycles. The summed E-state index contributed by atoms with van der Waals surface area (Å²) in [5.41, 5.74) is 2.58. The van der Waals surface area contributed by atoms with Crippen LogP contribution < -0.4 is 0 Å². The van der Waals surface area contributed by atoms with Gasteiger partial charge in [0.25, 0.3) is 5.91 Å². The second-order valence-electron chi connectivity index (χ2n) is 9.81. The summed E-state index contributed by atoms with van der Waals surface area (Å²) < 4.78 is 17.3. The van der Waals surface area contributed by atoms with Crippen LogP contribution in [0.3, 0.4) is 0 Å². The normalized spacial score (nSPS) is 20.4. The summed E-state index contributed by atoms with van der Waals surface area (Å²) in [5, 5.41) is 13.9. The first-order valence-electron chi connectivity index (χ1n) is 11.8. The Balaban J connectivity index is 1.50. The maximum absolute atomic E-state index is 15.7. The first-order chi connectivity index (χ1) is 16.3. The predicted molar refractivity (Wildman–Crippen MR) is 127 cm³/mol. The molecule has 34 heavy (non-hydrogen) atoms. The number of amides is 1. The molecule has 2 fully saturated rings. The predicted octanol–water partition coefficient (Wildman–Crippen LogP) is 5.37. The van der Waals surface area contributed by atoms with Crippen LogP contribution in [0.1, 0.15) is 65.4 Å². The number of benzene rings is 2. The van der Waals surface area contributed by atoms with E-state index < -0.39 is 11.8 Å². The Hall–Kier alpha value is -3.48. The Morgan fingerprint density at radius 2 is 1.74 bits per heavy atom. The smallest absolute Gasteiger partial charge is 0.339 e. The molecule has 1 aliphatic heterocycles. The van der Waals surface area contributed by atoms with E-state index in [1.807, 2.05) is 6.07 Å². The van der Waals surface area contributed by atoms with Gasteiger partial charge in [0.15, 0.2) is 0 Å². The third-order valence-electron chi connectivity index (χ3n) is 6.79. The lowest BCUT2D eigenvalue weighted by molar-refractivity contribution is 0.0617.